The minimum Gasteiger partial charge on any atom is -0.447 e. The second-order valence-electron chi connectivity index (χ2n) is 7.10. The lowest BCUT2D eigenvalue weighted by molar-refractivity contribution is -0.127. The topological polar surface area (TPSA) is 66.9 Å². The van der Waals surface area contributed by atoms with E-state index in [0.717, 1.165) is 6.42 Å². The molecule has 136 valence electrons. The third-order valence-corrected chi connectivity index (χ3v) is 5.70. The molecule has 2 amide bonds. The number of hydrogen-bond acceptors (Lipinski definition) is 5. The van der Waals surface area contributed by atoms with Crippen molar-refractivity contribution in [3.63, 3.8) is 0 Å². The highest BCUT2D eigenvalue weighted by atomic mass is 32.1. The van der Waals surface area contributed by atoms with Crippen LogP contribution < -0.4 is 0 Å². The molecule has 1 atom stereocenters. The highest BCUT2D eigenvalue weighted by Crippen LogP contribution is 2.27. The molecule has 1 unspecified atom stereocenters. The number of likely N-dealkylation sites (tertiary alicyclic amines) is 1. The molecule has 1 aromatic rings. The van der Waals surface area contributed by atoms with Crippen molar-refractivity contribution < 1.29 is 19.1 Å². The van der Waals surface area contributed by atoms with Crippen molar-refractivity contribution >= 4 is 29.1 Å². The fraction of sp³-hybridized carbons (Fsp3) is 0.611. The molecule has 0 N–H and O–H groups in total. The lowest BCUT2D eigenvalue weighted by Gasteiger charge is -2.37. The lowest BCUT2D eigenvalue weighted by atomic mass is 9.98. The maximum Gasteiger partial charge on any atom is 0.410 e. The summed E-state index contributed by atoms with van der Waals surface area (Å²) in [6.07, 6.45) is 2.05. The molecule has 2 aliphatic heterocycles. The molecule has 0 spiro atoms. The molecule has 0 saturated carbocycles. The first-order valence-corrected chi connectivity index (χ1v) is 9.67. The third kappa shape index (κ3) is 3.86. The molecule has 3 heterocycles. The van der Waals surface area contributed by atoms with Crippen molar-refractivity contribution in [3.05, 3.63) is 22.4 Å². The van der Waals surface area contributed by atoms with Gasteiger partial charge in [-0.3, -0.25) is 14.5 Å². The Morgan fingerprint density at radius 1 is 1.32 bits per heavy atom. The molecule has 0 radical (unpaired) electrons. The van der Waals surface area contributed by atoms with E-state index in [9.17, 15) is 14.4 Å². The first kappa shape index (κ1) is 17.9. The number of Topliss-reactive ketones (excluding diaryl/α,β-unsaturated/α-hetero) is 1. The van der Waals surface area contributed by atoms with Gasteiger partial charge in [0.15, 0.2) is 0 Å². The second-order valence-corrected chi connectivity index (χ2v) is 8.05. The summed E-state index contributed by atoms with van der Waals surface area (Å²) in [5.74, 6) is -0.387. The molecule has 2 fully saturated rings. The van der Waals surface area contributed by atoms with Crippen LogP contribution in [0.4, 0.5) is 4.79 Å². The fourth-order valence-corrected chi connectivity index (χ4v) is 4.30. The van der Waals surface area contributed by atoms with Crippen LogP contribution in [0.3, 0.4) is 0 Å². The normalized spacial score (nSPS) is 21.7. The summed E-state index contributed by atoms with van der Waals surface area (Å²) in [4.78, 5) is 40.6. The van der Waals surface area contributed by atoms with E-state index in [1.165, 1.54) is 11.3 Å². The molecule has 0 aromatic carbocycles. The van der Waals surface area contributed by atoms with Crippen LogP contribution in [0, 0.1) is 5.92 Å². The molecule has 7 heteroatoms. The van der Waals surface area contributed by atoms with E-state index in [1.807, 2.05) is 4.90 Å². The zero-order chi connectivity index (χ0) is 18.0. The second kappa shape index (κ2) is 7.56. The molecule has 25 heavy (non-hydrogen) atoms. The summed E-state index contributed by atoms with van der Waals surface area (Å²) in [5.41, 5.74) is 0. The molecule has 1 aromatic heterocycles. The van der Waals surface area contributed by atoms with Gasteiger partial charge in [-0.2, -0.15) is 0 Å². The van der Waals surface area contributed by atoms with Crippen LogP contribution in [0.5, 0.6) is 0 Å². The maximum atomic E-state index is 12.4. The summed E-state index contributed by atoms with van der Waals surface area (Å²) in [7, 11) is 0. The molecule has 3 rings (SSSR count). The van der Waals surface area contributed by atoms with E-state index in [-0.39, 0.29) is 18.2 Å². The van der Waals surface area contributed by atoms with Gasteiger partial charge in [-0.15, -0.1) is 11.3 Å². The van der Waals surface area contributed by atoms with Crippen molar-refractivity contribution in [2.75, 3.05) is 19.7 Å². The number of carbonyl (C=O) groups excluding carboxylic acids is 3. The Kier molecular flexibility index (Phi) is 5.42. The van der Waals surface area contributed by atoms with Gasteiger partial charge < -0.3 is 9.64 Å². The summed E-state index contributed by atoms with van der Waals surface area (Å²) >= 11 is 1.28. The van der Waals surface area contributed by atoms with Gasteiger partial charge in [-0.05, 0) is 36.6 Å². The van der Waals surface area contributed by atoms with Crippen LogP contribution in [0.2, 0.25) is 0 Å². The van der Waals surface area contributed by atoms with Crippen LogP contribution in [0.25, 0.3) is 0 Å². The third-order valence-electron chi connectivity index (χ3n) is 4.83. The quantitative estimate of drug-likeness (QED) is 0.595. The average Bonchev–Trinajstić information content (AvgIpc) is 3.24. The molecule has 6 nitrogen and oxygen atoms in total. The summed E-state index contributed by atoms with van der Waals surface area (Å²) < 4.78 is 5.25. The number of piperidine rings is 1. The smallest absolute Gasteiger partial charge is 0.410 e. The van der Waals surface area contributed by atoms with Gasteiger partial charge in [0.2, 0.25) is 0 Å². The fourth-order valence-electron chi connectivity index (χ4n) is 3.65. The Bertz CT molecular complexity index is 636. The monoisotopic (exact) mass is 364 g/mol. The Morgan fingerprint density at radius 3 is 2.64 bits per heavy atom. The molecular formula is C18H24N2O4S. The Balaban J connectivity index is 1.58. The SMILES string of the molecule is CC(C)CC1COC(=O)N1C1CCN(C(=O)C(=O)c2cccs2)CC1. The maximum absolute atomic E-state index is 12.4. The number of thiophene rings is 1. The van der Waals surface area contributed by atoms with E-state index in [4.69, 9.17) is 4.74 Å². The average molecular weight is 364 g/mol. The first-order chi connectivity index (χ1) is 12.0. The van der Waals surface area contributed by atoms with Crippen LogP contribution in [-0.4, -0.2) is 59.4 Å². The molecule has 0 aliphatic carbocycles. The number of nitrogens with zero attached hydrogens (tertiary/aromatic N) is 2. The van der Waals surface area contributed by atoms with Crippen molar-refractivity contribution in [3.8, 4) is 0 Å². The van der Waals surface area contributed by atoms with Crippen molar-refractivity contribution in [2.45, 2.75) is 45.2 Å². The number of rotatable bonds is 5. The predicted octanol–water partition coefficient (Wildman–Crippen LogP) is 2.79. The minimum absolute atomic E-state index is 0.0830. The van der Waals surface area contributed by atoms with Gasteiger partial charge >= 0.3 is 6.09 Å². The van der Waals surface area contributed by atoms with Crippen molar-refractivity contribution in [2.24, 2.45) is 5.92 Å². The summed E-state index contributed by atoms with van der Waals surface area (Å²) in [6, 6.07) is 3.65. The van der Waals surface area contributed by atoms with Crippen LogP contribution in [0.15, 0.2) is 17.5 Å². The predicted molar refractivity (Wildman–Crippen MR) is 94.7 cm³/mol. The highest BCUT2D eigenvalue weighted by Gasteiger charge is 2.40. The summed E-state index contributed by atoms with van der Waals surface area (Å²) in [6.45, 7) is 5.72. The first-order valence-electron chi connectivity index (χ1n) is 8.79. The van der Waals surface area contributed by atoms with Crippen LogP contribution >= 0.6 is 11.3 Å². The van der Waals surface area contributed by atoms with Gasteiger partial charge in [0.05, 0.1) is 10.9 Å². The zero-order valence-corrected chi connectivity index (χ0v) is 15.5. The van der Waals surface area contributed by atoms with Crippen molar-refractivity contribution in [1.82, 2.24) is 9.80 Å². The number of hydrogen-bond donors (Lipinski definition) is 0. The van der Waals surface area contributed by atoms with Gasteiger partial charge in [-0.25, -0.2) is 4.79 Å². The summed E-state index contributed by atoms with van der Waals surface area (Å²) in [5, 5.41) is 1.79. The Morgan fingerprint density at radius 2 is 2.04 bits per heavy atom. The molecular weight excluding hydrogens is 340 g/mol. The van der Waals surface area contributed by atoms with Gasteiger partial charge in [0.1, 0.15) is 6.61 Å². The minimum atomic E-state index is -0.441. The molecule has 2 aliphatic rings. The standard InChI is InChI=1S/C18H24N2O4S/c1-12(2)10-14-11-24-18(23)20(14)13-5-7-19(8-6-13)17(22)16(21)15-4-3-9-25-15/h3-4,9,12-14H,5-8,10-11H2,1-2H3. The van der Waals surface area contributed by atoms with E-state index in [1.54, 1.807) is 22.4 Å². The number of carbonyl (C=O) groups is 3. The van der Waals surface area contributed by atoms with E-state index in [2.05, 4.69) is 13.8 Å². The van der Waals surface area contributed by atoms with E-state index < -0.39 is 11.7 Å². The number of ketones is 1. The van der Waals surface area contributed by atoms with Crippen LogP contribution in [0.1, 0.15) is 42.8 Å². The largest absolute Gasteiger partial charge is 0.447 e. The Labute approximate surface area is 151 Å². The molecule has 2 saturated heterocycles. The highest BCUT2D eigenvalue weighted by molar-refractivity contribution is 7.13. The number of cyclic esters (lactones) is 1. The van der Waals surface area contributed by atoms with Gasteiger partial charge in [0.25, 0.3) is 11.7 Å². The number of ether oxygens (including phenoxy) is 1. The zero-order valence-electron chi connectivity index (χ0n) is 14.6. The molecule has 0 bridgehead atoms. The van der Waals surface area contributed by atoms with E-state index >= 15 is 0 Å². The van der Waals surface area contributed by atoms with E-state index in [0.29, 0.717) is 43.3 Å². The van der Waals surface area contributed by atoms with Gasteiger partial charge in [-0.1, -0.05) is 19.9 Å². The number of amides is 2. The Hall–Kier alpha value is -1.89. The van der Waals surface area contributed by atoms with Crippen molar-refractivity contribution in [1.29, 1.82) is 0 Å². The van der Waals surface area contributed by atoms with Crippen LogP contribution in [-0.2, 0) is 9.53 Å². The lowest BCUT2D eigenvalue weighted by Crippen LogP contribution is -2.51. The van der Waals surface area contributed by atoms with Gasteiger partial charge in [0, 0.05) is 19.1 Å².